The molecule has 2 heterocycles. The van der Waals surface area contributed by atoms with Crippen molar-refractivity contribution in [1.29, 1.82) is 0 Å². The van der Waals surface area contributed by atoms with Crippen LogP contribution < -0.4 is 4.72 Å². The van der Waals surface area contributed by atoms with Gasteiger partial charge in [0.25, 0.3) is 0 Å². The number of carbonyl (C=O) groups is 1. The highest BCUT2D eigenvalue weighted by Crippen LogP contribution is 2.37. The summed E-state index contributed by atoms with van der Waals surface area (Å²) in [6.45, 7) is 1.21. The lowest BCUT2D eigenvalue weighted by atomic mass is 9.94. The lowest BCUT2D eigenvalue weighted by Crippen LogP contribution is -2.37. The first-order chi connectivity index (χ1) is 16.4. The quantitative estimate of drug-likeness (QED) is 0.691. The Morgan fingerprint density at radius 3 is 2.56 bits per heavy atom. The van der Waals surface area contributed by atoms with E-state index in [1.54, 1.807) is 29.2 Å². The molecule has 0 unspecified atom stereocenters. The van der Waals surface area contributed by atoms with Crippen molar-refractivity contribution in [2.75, 3.05) is 20.1 Å². The van der Waals surface area contributed by atoms with Crippen molar-refractivity contribution < 1.29 is 17.9 Å². The van der Waals surface area contributed by atoms with Crippen molar-refractivity contribution in [3.63, 3.8) is 0 Å². The number of pyridine rings is 1. The monoisotopic (exact) mass is 479 g/mol. The molecule has 34 heavy (non-hydrogen) atoms. The van der Waals surface area contributed by atoms with Crippen molar-refractivity contribution in [1.82, 2.24) is 14.6 Å². The van der Waals surface area contributed by atoms with E-state index in [-0.39, 0.29) is 17.1 Å². The average molecular weight is 480 g/mol. The fraction of sp³-hybridized carbons (Fsp3) is 0.385. The van der Waals surface area contributed by atoms with Gasteiger partial charge in [0.15, 0.2) is 0 Å². The van der Waals surface area contributed by atoms with E-state index in [1.807, 2.05) is 6.20 Å². The molecule has 5 rings (SSSR count). The summed E-state index contributed by atoms with van der Waals surface area (Å²) in [5, 5.41) is 0. The zero-order valence-corrected chi connectivity index (χ0v) is 20.1. The highest BCUT2D eigenvalue weighted by molar-refractivity contribution is 7.89. The lowest BCUT2D eigenvalue weighted by molar-refractivity contribution is 0.0676. The smallest absolute Gasteiger partial charge is 0.410 e. The largest absolute Gasteiger partial charge is 0.446 e. The van der Waals surface area contributed by atoms with Gasteiger partial charge in [0.05, 0.1) is 10.6 Å². The zero-order valence-electron chi connectivity index (χ0n) is 19.3. The first kappa shape index (κ1) is 22.8. The Morgan fingerprint density at radius 2 is 1.88 bits per heavy atom. The van der Waals surface area contributed by atoms with Gasteiger partial charge >= 0.3 is 6.09 Å². The molecule has 1 fully saturated rings. The molecule has 7 nitrogen and oxygen atoms in total. The Hall–Kier alpha value is -2.97. The molecule has 2 aliphatic carbocycles. The Morgan fingerprint density at radius 1 is 1.12 bits per heavy atom. The third kappa shape index (κ3) is 4.52. The standard InChI is InChI=1S/C26H29N3O4S/c1-27-34(31,32)22-8-6-18(7-9-22)20-16-24-23(10-11-25(24)28-17-20)19-12-14-29(15-13-19)26(30)33-21-4-2-3-5-21/h6-10,12,16-17,21,27H,2-5,11,13-15H2,1H3. The predicted octanol–water partition coefficient (Wildman–Crippen LogP) is 4.31. The highest BCUT2D eigenvalue weighted by Gasteiger charge is 2.27. The topological polar surface area (TPSA) is 88.6 Å². The van der Waals surface area contributed by atoms with E-state index >= 15 is 0 Å². The minimum absolute atomic E-state index is 0.0826. The Balaban J connectivity index is 1.31. The second kappa shape index (κ2) is 9.35. The summed E-state index contributed by atoms with van der Waals surface area (Å²) in [6.07, 6.45) is 11.9. The van der Waals surface area contributed by atoms with Gasteiger partial charge in [-0.3, -0.25) is 4.98 Å². The Bertz CT molecular complexity index is 1260. The van der Waals surface area contributed by atoms with E-state index < -0.39 is 10.0 Å². The van der Waals surface area contributed by atoms with Crippen LogP contribution in [0.4, 0.5) is 4.79 Å². The molecule has 0 bridgehead atoms. The molecule has 0 atom stereocenters. The van der Waals surface area contributed by atoms with Crippen molar-refractivity contribution in [3.8, 4) is 11.1 Å². The number of benzene rings is 1. The number of rotatable bonds is 5. The maximum absolute atomic E-state index is 12.5. The fourth-order valence-corrected chi connectivity index (χ4v) is 5.64. The first-order valence-electron chi connectivity index (χ1n) is 11.8. The van der Waals surface area contributed by atoms with E-state index in [9.17, 15) is 13.2 Å². The normalized spacial score (nSPS) is 18.4. The number of nitrogens with zero attached hydrogens (tertiary/aromatic N) is 2. The van der Waals surface area contributed by atoms with Crippen molar-refractivity contribution in [3.05, 3.63) is 65.5 Å². The molecular formula is C26H29N3O4S. The number of allylic oxidation sites excluding steroid dienone is 2. The molecule has 1 aromatic heterocycles. The molecule has 2 aromatic rings. The third-order valence-corrected chi connectivity index (χ3v) is 8.34. The number of aromatic nitrogens is 1. The van der Waals surface area contributed by atoms with Gasteiger partial charge in [-0.1, -0.05) is 24.3 Å². The van der Waals surface area contributed by atoms with Gasteiger partial charge in [0, 0.05) is 36.8 Å². The van der Waals surface area contributed by atoms with Crippen LogP contribution >= 0.6 is 0 Å². The molecule has 1 N–H and O–H groups in total. The molecule has 1 amide bonds. The van der Waals surface area contributed by atoms with E-state index in [1.165, 1.54) is 18.2 Å². The average Bonchev–Trinajstić information content (AvgIpc) is 3.53. The first-order valence-corrected chi connectivity index (χ1v) is 13.3. The number of ether oxygens (including phenoxy) is 1. The van der Waals surface area contributed by atoms with Crippen LogP contribution in [0.3, 0.4) is 0 Å². The lowest BCUT2D eigenvalue weighted by Gasteiger charge is -2.27. The van der Waals surface area contributed by atoms with Gasteiger partial charge in [-0.2, -0.15) is 0 Å². The number of hydrogen-bond acceptors (Lipinski definition) is 5. The second-order valence-electron chi connectivity index (χ2n) is 8.99. The minimum Gasteiger partial charge on any atom is -0.446 e. The Labute approximate surface area is 200 Å². The summed E-state index contributed by atoms with van der Waals surface area (Å²) in [5.41, 5.74) is 6.42. The fourth-order valence-electron chi connectivity index (χ4n) is 4.91. The molecule has 178 valence electrons. The summed E-state index contributed by atoms with van der Waals surface area (Å²) < 4.78 is 32.0. The van der Waals surface area contributed by atoms with Crippen LogP contribution in [0, 0.1) is 0 Å². The number of hydrogen-bond donors (Lipinski definition) is 1. The van der Waals surface area contributed by atoms with Crippen LogP contribution in [0.25, 0.3) is 16.7 Å². The highest BCUT2D eigenvalue weighted by atomic mass is 32.2. The van der Waals surface area contributed by atoms with E-state index in [0.29, 0.717) is 13.1 Å². The SMILES string of the molecule is CNS(=O)(=O)c1ccc(-c2cnc3c(c2)C(C2=CCN(C(=O)OC4CCCC4)CC2)=CC3)cc1. The third-order valence-electron chi connectivity index (χ3n) is 6.91. The molecule has 1 saturated carbocycles. The zero-order chi connectivity index (χ0) is 23.7. The number of fused-ring (bicyclic) bond motifs is 1. The molecule has 0 radical (unpaired) electrons. The number of amides is 1. The maximum atomic E-state index is 12.5. The summed E-state index contributed by atoms with van der Waals surface area (Å²) in [7, 11) is -2.06. The summed E-state index contributed by atoms with van der Waals surface area (Å²) in [6, 6.07) is 8.95. The van der Waals surface area contributed by atoms with Gasteiger partial charge in [-0.15, -0.1) is 0 Å². The summed E-state index contributed by atoms with van der Waals surface area (Å²) in [4.78, 5) is 19.2. The number of carbonyl (C=O) groups excluding carboxylic acids is 1. The predicted molar refractivity (Wildman–Crippen MR) is 131 cm³/mol. The molecule has 0 spiro atoms. The molecule has 0 saturated heterocycles. The van der Waals surface area contributed by atoms with Gasteiger partial charge in [0.1, 0.15) is 6.10 Å². The van der Waals surface area contributed by atoms with Crippen LogP contribution in [0.15, 0.2) is 59.1 Å². The van der Waals surface area contributed by atoms with Gasteiger partial charge < -0.3 is 9.64 Å². The van der Waals surface area contributed by atoms with Crippen LogP contribution in [-0.4, -0.2) is 50.6 Å². The van der Waals surface area contributed by atoms with Crippen LogP contribution in [0.1, 0.15) is 43.4 Å². The summed E-state index contributed by atoms with van der Waals surface area (Å²) >= 11 is 0. The Kier molecular flexibility index (Phi) is 6.27. The van der Waals surface area contributed by atoms with Crippen LogP contribution in [-0.2, 0) is 21.2 Å². The van der Waals surface area contributed by atoms with E-state index in [0.717, 1.165) is 60.9 Å². The van der Waals surface area contributed by atoms with Crippen molar-refractivity contribution in [2.45, 2.75) is 49.5 Å². The van der Waals surface area contributed by atoms with Gasteiger partial charge in [-0.25, -0.2) is 17.9 Å². The maximum Gasteiger partial charge on any atom is 0.410 e. The van der Waals surface area contributed by atoms with Crippen LogP contribution in [0.2, 0.25) is 0 Å². The molecule has 1 aromatic carbocycles. The van der Waals surface area contributed by atoms with Crippen molar-refractivity contribution >= 4 is 21.7 Å². The van der Waals surface area contributed by atoms with Crippen molar-refractivity contribution in [2.24, 2.45) is 0 Å². The minimum atomic E-state index is -3.47. The molecule has 8 heteroatoms. The number of nitrogens with one attached hydrogen (secondary N) is 1. The molecular weight excluding hydrogens is 450 g/mol. The summed E-state index contributed by atoms with van der Waals surface area (Å²) in [5.74, 6) is 0. The van der Waals surface area contributed by atoms with Crippen LogP contribution in [0.5, 0.6) is 0 Å². The molecule has 1 aliphatic heterocycles. The van der Waals surface area contributed by atoms with E-state index in [4.69, 9.17) is 4.74 Å². The number of sulfonamides is 1. The second-order valence-corrected chi connectivity index (χ2v) is 10.9. The van der Waals surface area contributed by atoms with Gasteiger partial charge in [0.2, 0.25) is 10.0 Å². The van der Waals surface area contributed by atoms with Gasteiger partial charge in [-0.05, 0) is 74.1 Å². The molecule has 3 aliphatic rings. The van der Waals surface area contributed by atoms with E-state index in [2.05, 4.69) is 27.9 Å².